The number of aryl methyl sites for hydroxylation is 1. The largest absolute Gasteiger partial charge is 0.481 e. The predicted octanol–water partition coefficient (Wildman–Crippen LogP) is 0.891. The van der Waals surface area contributed by atoms with Gasteiger partial charge in [0.05, 0.1) is 6.42 Å². The van der Waals surface area contributed by atoms with Crippen molar-refractivity contribution in [2.75, 3.05) is 11.9 Å². The number of carboxylic acid groups (broad SMARTS) is 2. The number of amides is 5. The summed E-state index contributed by atoms with van der Waals surface area (Å²) >= 11 is 0. The summed E-state index contributed by atoms with van der Waals surface area (Å²) in [5.74, 6) is -6.51. The van der Waals surface area contributed by atoms with E-state index >= 15 is 0 Å². The van der Waals surface area contributed by atoms with Crippen molar-refractivity contribution in [3.05, 3.63) is 40.2 Å². The normalized spacial score (nSPS) is 16.7. The molecule has 1 fully saturated rings. The van der Waals surface area contributed by atoms with Gasteiger partial charge in [-0.3, -0.25) is 33.6 Å². The van der Waals surface area contributed by atoms with Crippen molar-refractivity contribution in [1.82, 2.24) is 20.9 Å². The van der Waals surface area contributed by atoms with Crippen molar-refractivity contribution < 1.29 is 48.2 Å². The molecule has 1 aromatic heterocycles. The highest BCUT2D eigenvalue weighted by Gasteiger charge is 2.40. The van der Waals surface area contributed by atoms with Gasteiger partial charge in [-0.05, 0) is 49.8 Å². The molecule has 0 radical (unpaired) electrons. The average molecular weight is 672 g/mol. The number of benzene rings is 1. The van der Waals surface area contributed by atoms with Gasteiger partial charge in [-0.25, -0.2) is 4.79 Å². The molecule has 260 valence electrons. The first kappa shape index (κ1) is 37.2. The number of carbonyl (C=O) groups is 7. The molecule has 0 aliphatic carbocycles. The quantitative estimate of drug-likeness (QED) is 0.145. The molecule has 5 amide bonds. The molecule has 1 aliphatic heterocycles. The van der Waals surface area contributed by atoms with Crippen molar-refractivity contribution in [3.63, 3.8) is 0 Å². The van der Waals surface area contributed by atoms with E-state index in [1.807, 2.05) is 6.92 Å². The Bertz CT molecular complexity index is 1640. The van der Waals surface area contributed by atoms with Crippen LogP contribution in [-0.4, -0.2) is 87.3 Å². The summed E-state index contributed by atoms with van der Waals surface area (Å²) in [5.41, 5.74) is 0.422. The molecule has 0 bridgehead atoms. The molecular formula is C32H41N5O11. The van der Waals surface area contributed by atoms with Gasteiger partial charge in [0.2, 0.25) is 29.5 Å². The molecule has 0 spiro atoms. The summed E-state index contributed by atoms with van der Waals surface area (Å²) in [5, 5.41) is 29.4. The molecule has 0 saturated carbocycles. The number of aliphatic carboxylic acids is 2. The highest BCUT2D eigenvalue weighted by molar-refractivity contribution is 6.01. The predicted molar refractivity (Wildman–Crippen MR) is 171 cm³/mol. The molecule has 48 heavy (non-hydrogen) atoms. The van der Waals surface area contributed by atoms with Gasteiger partial charge in [0.15, 0.2) is 0 Å². The molecular weight excluding hydrogens is 630 g/mol. The summed E-state index contributed by atoms with van der Waals surface area (Å²) < 4.78 is 5.19. The van der Waals surface area contributed by atoms with Crippen molar-refractivity contribution in [2.24, 2.45) is 5.92 Å². The fourth-order valence-electron chi connectivity index (χ4n) is 5.49. The second kappa shape index (κ2) is 16.5. The van der Waals surface area contributed by atoms with E-state index in [-0.39, 0.29) is 36.6 Å². The maximum absolute atomic E-state index is 13.7. The third-order valence-corrected chi connectivity index (χ3v) is 8.18. The lowest BCUT2D eigenvalue weighted by molar-refractivity contribution is -0.144. The minimum Gasteiger partial charge on any atom is -0.481 e. The molecule has 1 aliphatic rings. The van der Waals surface area contributed by atoms with Crippen molar-refractivity contribution >= 4 is 58.1 Å². The molecule has 0 unspecified atom stereocenters. The van der Waals surface area contributed by atoms with Crippen LogP contribution in [0.15, 0.2) is 33.5 Å². The third kappa shape index (κ3) is 9.86. The van der Waals surface area contributed by atoms with E-state index in [0.717, 1.165) is 0 Å². The Hall–Kier alpha value is -5.28. The Morgan fingerprint density at radius 1 is 0.979 bits per heavy atom. The summed E-state index contributed by atoms with van der Waals surface area (Å²) in [6.07, 6.45) is -0.535. The maximum Gasteiger partial charge on any atom is 0.336 e. The van der Waals surface area contributed by atoms with Crippen LogP contribution < -0.4 is 26.9 Å². The number of carboxylic acids is 2. The van der Waals surface area contributed by atoms with Gasteiger partial charge in [-0.1, -0.05) is 20.3 Å². The van der Waals surface area contributed by atoms with Crippen LogP contribution >= 0.6 is 0 Å². The Labute approximate surface area is 275 Å². The number of nitrogens with zero attached hydrogens (tertiary/aromatic N) is 1. The minimum atomic E-state index is -1.57. The summed E-state index contributed by atoms with van der Waals surface area (Å²) in [4.78, 5) is 101. The molecule has 1 saturated heterocycles. The zero-order chi connectivity index (χ0) is 35.7. The maximum atomic E-state index is 13.7. The molecule has 1 aromatic carbocycles. The van der Waals surface area contributed by atoms with E-state index in [1.54, 1.807) is 19.9 Å². The van der Waals surface area contributed by atoms with E-state index in [2.05, 4.69) is 21.3 Å². The van der Waals surface area contributed by atoms with Crippen LogP contribution in [0.5, 0.6) is 0 Å². The Morgan fingerprint density at radius 2 is 1.69 bits per heavy atom. The van der Waals surface area contributed by atoms with Gasteiger partial charge in [0.1, 0.15) is 29.8 Å². The van der Waals surface area contributed by atoms with Crippen molar-refractivity contribution in [1.29, 1.82) is 0 Å². The minimum absolute atomic E-state index is 0.0777. The zero-order valence-electron chi connectivity index (χ0n) is 27.2. The van der Waals surface area contributed by atoms with Crippen molar-refractivity contribution in [3.8, 4) is 0 Å². The highest BCUT2D eigenvalue weighted by atomic mass is 16.4. The van der Waals surface area contributed by atoms with E-state index in [0.29, 0.717) is 23.8 Å². The number of likely N-dealkylation sites (tertiary alicyclic amines) is 1. The van der Waals surface area contributed by atoms with E-state index in [4.69, 9.17) is 4.42 Å². The number of carbonyl (C=O) groups excluding carboxylic acids is 5. The number of hydrogen-bond acceptors (Lipinski definition) is 9. The van der Waals surface area contributed by atoms with Crippen LogP contribution in [0.25, 0.3) is 11.0 Å². The first-order valence-electron chi connectivity index (χ1n) is 15.6. The first-order valence-corrected chi connectivity index (χ1v) is 15.6. The smallest absolute Gasteiger partial charge is 0.336 e. The third-order valence-electron chi connectivity index (χ3n) is 8.18. The zero-order valence-corrected chi connectivity index (χ0v) is 27.2. The van der Waals surface area contributed by atoms with Crippen LogP contribution in [-0.2, 0) is 33.6 Å². The van der Waals surface area contributed by atoms with Gasteiger partial charge in [-0.15, -0.1) is 0 Å². The highest BCUT2D eigenvalue weighted by Crippen LogP contribution is 2.23. The van der Waals surface area contributed by atoms with Crippen LogP contribution in [0.1, 0.15) is 64.9 Å². The van der Waals surface area contributed by atoms with E-state index in [1.165, 1.54) is 30.0 Å². The lowest BCUT2D eigenvalue weighted by atomic mass is 9.97. The standard InChI is InChI=1S/C32H41N5O11/c1-5-16(2)28(33-18(4)38)31(46)35-21(10-11-25(39)40)32(47)37-12-6-7-23(37)30(45)36-22(15-26(41)42)29(44)34-19-8-9-20-17(3)13-27(43)48-24(20)14-19/h8-9,13-14,16,21-23,28H,5-7,10-12,15H2,1-4H3,(H,33,38)(H,34,44)(H,35,46)(H,36,45)(H,39,40)(H,41,42)/t16-,21+,22-,23-,28-/m0/s1. The average Bonchev–Trinajstić information content (AvgIpc) is 3.50. The molecule has 3 rings (SSSR count). The van der Waals surface area contributed by atoms with Crippen LogP contribution in [0.2, 0.25) is 0 Å². The number of fused-ring (bicyclic) bond motifs is 1. The van der Waals surface area contributed by atoms with Crippen molar-refractivity contribution in [2.45, 2.75) is 90.4 Å². The number of hydrogen-bond donors (Lipinski definition) is 6. The van der Waals surface area contributed by atoms with Gasteiger partial charge >= 0.3 is 17.6 Å². The van der Waals surface area contributed by atoms with E-state index < -0.39 is 84.1 Å². The topological polar surface area (TPSA) is 242 Å². The molecule has 2 heterocycles. The summed E-state index contributed by atoms with van der Waals surface area (Å²) in [7, 11) is 0. The number of rotatable bonds is 15. The Morgan fingerprint density at radius 3 is 2.31 bits per heavy atom. The second-order valence-electron chi connectivity index (χ2n) is 11.9. The molecule has 6 N–H and O–H groups in total. The van der Waals surface area contributed by atoms with Crippen LogP contribution in [0.4, 0.5) is 5.69 Å². The molecule has 5 atom stereocenters. The Kier molecular flexibility index (Phi) is 12.8. The molecule has 16 nitrogen and oxygen atoms in total. The van der Waals surface area contributed by atoms with Gasteiger partial charge < -0.3 is 40.8 Å². The fourth-order valence-corrected chi connectivity index (χ4v) is 5.49. The summed E-state index contributed by atoms with van der Waals surface area (Å²) in [6.45, 7) is 6.58. The lowest BCUT2D eigenvalue weighted by Crippen LogP contribution is -2.58. The number of anilines is 1. The van der Waals surface area contributed by atoms with Gasteiger partial charge in [-0.2, -0.15) is 0 Å². The summed E-state index contributed by atoms with van der Waals surface area (Å²) in [6, 6.07) is 0.772. The number of nitrogens with one attached hydrogen (secondary N) is 4. The van der Waals surface area contributed by atoms with Crippen LogP contribution in [0.3, 0.4) is 0 Å². The monoisotopic (exact) mass is 671 g/mol. The first-order chi connectivity index (χ1) is 22.6. The second-order valence-corrected chi connectivity index (χ2v) is 11.9. The molecule has 16 heteroatoms. The van der Waals surface area contributed by atoms with Gasteiger partial charge in [0.25, 0.3) is 0 Å². The van der Waals surface area contributed by atoms with Gasteiger partial charge in [0, 0.05) is 43.1 Å². The lowest BCUT2D eigenvalue weighted by Gasteiger charge is -2.31. The van der Waals surface area contributed by atoms with Crippen LogP contribution in [0, 0.1) is 12.8 Å². The molecule has 2 aromatic rings. The Balaban J connectivity index is 1.79. The van der Waals surface area contributed by atoms with E-state index in [9.17, 15) is 48.6 Å². The SMILES string of the molecule is CC[C@H](C)[C@H](NC(C)=O)C(=O)N[C@H](CCC(=O)O)C(=O)N1CCC[C@H]1C(=O)N[C@@H](CC(=O)O)C(=O)Nc1ccc2c(C)cc(=O)oc2c1. The fraction of sp³-hybridized carbons (Fsp3) is 0.500.